The van der Waals surface area contributed by atoms with Crippen LogP contribution in [0.15, 0.2) is 52.3 Å². The fourth-order valence-corrected chi connectivity index (χ4v) is 6.35. The highest BCUT2D eigenvalue weighted by Crippen LogP contribution is 2.35. The van der Waals surface area contributed by atoms with Gasteiger partial charge in [-0.1, -0.05) is 36.1 Å². The first kappa shape index (κ1) is 29.3. The van der Waals surface area contributed by atoms with Crippen LogP contribution in [0.4, 0.5) is 5.82 Å². The molecule has 3 aliphatic rings. The highest BCUT2D eigenvalue weighted by molar-refractivity contribution is 8.26. The number of methoxy groups -OCH3 is 1. The number of benzene rings is 1. The minimum atomic E-state index is -0.215. The topological polar surface area (TPSA) is 88.8 Å². The maximum Gasteiger partial charge on any atom is 0.267 e. The molecule has 0 atom stereocenters. The Morgan fingerprint density at radius 3 is 2.71 bits per heavy atom. The normalized spacial score (nSPS) is 18.0. The molecule has 1 amide bonds. The van der Waals surface area contributed by atoms with E-state index in [2.05, 4.69) is 15.9 Å². The van der Waals surface area contributed by atoms with E-state index >= 15 is 0 Å². The number of carbonyl (C=O) groups is 1. The third-order valence-corrected chi connectivity index (χ3v) is 8.52. The van der Waals surface area contributed by atoms with Crippen LogP contribution < -0.4 is 19.9 Å². The molecule has 216 valence electrons. The average Bonchev–Trinajstić information content (AvgIpc) is 3.54. The SMILES string of the molecule is COCCCN1C(=O)/C(=C/c2c(N3CCN(Cc4ccc5c(c4)OCO5)CC3)nc3ccccn3c2=O)SC1=S.Cl. The molecule has 0 radical (unpaired) electrons. The summed E-state index contributed by atoms with van der Waals surface area (Å²) in [5.74, 6) is 1.96. The maximum atomic E-state index is 13.7. The lowest BCUT2D eigenvalue weighted by molar-refractivity contribution is -0.122. The van der Waals surface area contributed by atoms with Gasteiger partial charge in [-0.15, -0.1) is 12.4 Å². The number of aromatic nitrogens is 2. The fourth-order valence-electron chi connectivity index (χ4n) is 5.06. The molecule has 0 spiro atoms. The molecule has 0 aliphatic carbocycles. The number of thioether (sulfide) groups is 1. The van der Waals surface area contributed by atoms with Crippen molar-refractivity contribution in [2.24, 2.45) is 0 Å². The molecule has 2 aromatic heterocycles. The van der Waals surface area contributed by atoms with Crippen molar-refractivity contribution in [2.45, 2.75) is 13.0 Å². The third-order valence-electron chi connectivity index (χ3n) is 7.14. The van der Waals surface area contributed by atoms with Gasteiger partial charge in [0.2, 0.25) is 6.79 Å². The average molecular weight is 616 g/mol. The second kappa shape index (κ2) is 12.8. The van der Waals surface area contributed by atoms with Gasteiger partial charge in [0.05, 0.1) is 10.5 Å². The number of anilines is 1. The van der Waals surface area contributed by atoms with Gasteiger partial charge in [0, 0.05) is 59.2 Å². The lowest BCUT2D eigenvalue weighted by Gasteiger charge is -2.36. The van der Waals surface area contributed by atoms with E-state index < -0.39 is 0 Å². The quantitative estimate of drug-likeness (QED) is 0.213. The van der Waals surface area contributed by atoms with Crippen LogP contribution in [-0.2, 0) is 16.1 Å². The number of ether oxygens (including phenoxy) is 3. The first-order valence-corrected chi connectivity index (χ1v) is 14.4. The molecule has 2 fully saturated rings. The number of carbonyl (C=O) groups excluding carboxylic acids is 1. The molecule has 10 nitrogen and oxygen atoms in total. The summed E-state index contributed by atoms with van der Waals surface area (Å²) in [5.41, 5.74) is 1.90. The molecule has 0 unspecified atom stereocenters. The summed E-state index contributed by atoms with van der Waals surface area (Å²) in [7, 11) is 1.63. The van der Waals surface area contributed by atoms with Crippen LogP contribution in [0.5, 0.6) is 11.5 Å². The summed E-state index contributed by atoms with van der Waals surface area (Å²) in [6.45, 7) is 5.04. The highest BCUT2D eigenvalue weighted by Gasteiger charge is 2.33. The number of piperazine rings is 1. The summed E-state index contributed by atoms with van der Waals surface area (Å²) < 4.78 is 18.1. The van der Waals surface area contributed by atoms with Crippen molar-refractivity contribution in [2.75, 3.05) is 58.1 Å². The number of amides is 1. The van der Waals surface area contributed by atoms with E-state index in [9.17, 15) is 9.59 Å². The van der Waals surface area contributed by atoms with E-state index in [4.69, 9.17) is 31.4 Å². The van der Waals surface area contributed by atoms with Crippen LogP contribution in [-0.4, -0.2) is 82.6 Å². The monoisotopic (exact) mass is 615 g/mol. The number of thiocarbonyl (C=S) groups is 1. The lowest BCUT2D eigenvalue weighted by atomic mass is 10.1. The molecule has 2 saturated heterocycles. The summed E-state index contributed by atoms with van der Waals surface area (Å²) >= 11 is 6.70. The van der Waals surface area contributed by atoms with E-state index in [-0.39, 0.29) is 30.7 Å². The number of hydrogen-bond acceptors (Lipinski definition) is 10. The first-order valence-electron chi connectivity index (χ1n) is 13.1. The van der Waals surface area contributed by atoms with Crippen molar-refractivity contribution < 1.29 is 19.0 Å². The lowest BCUT2D eigenvalue weighted by Crippen LogP contribution is -2.47. The molecule has 41 heavy (non-hydrogen) atoms. The smallest absolute Gasteiger partial charge is 0.267 e. The van der Waals surface area contributed by atoms with Crippen LogP contribution in [0.1, 0.15) is 17.5 Å². The zero-order chi connectivity index (χ0) is 27.6. The molecular formula is C28H30ClN5O5S2. The summed E-state index contributed by atoms with van der Waals surface area (Å²) in [4.78, 5) is 38.3. The molecule has 3 aliphatic heterocycles. The van der Waals surface area contributed by atoms with E-state index in [0.29, 0.717) is 58.9 Å². The van der Waals surface area contributed by atoms with Crippen molar-refractivity contribution >= 4 is 64.2 Å². The molecule has 3 aromatic rings. The largest absolute Gasteiger partial charge is 0.454 e. The molecular weight excluding hydrogens is 586 g/mol. The van der Waals surface area contributed by atoms with Gasteiger partial charge in [0.1, 0.15) is 15.8 Å². The van der Waals surface area contributed by atoms with Crippen molar-refractivity contribution in [1.29, 1.82) is 0 Å². The van der Waals surface area contributed by atoms with E-state index in [0.717, 1.165) is 36.7 Å². The number of fused-ring (bicyclic) bond motifs is 2. The molecule has 0 N–H and O–H groups in total. The second-order valence-corrected chi connectivity index (χ2v) is 11.4. The summed E-state index contributed by atoms with van der Waals surface area (Å²) in [5, 5.41) is 0. The molecule has 13 heteroatoms. The Morgan fingerprint density at radius 1 is 1.10 bits per heavy atom. The highest BCUT2D eigenvalue weighted by atomic mass is 35.5. The fraction of sp³-hybridized carbons (Fsp3) is 0.357. The van der Waals surface area contributed by atoms with Gasteiger partial charge in [-0.2, -0.15) is 0 Å². The predicted octanol–water partition coefficient (Wildman–Crippen LogP) is 3.40. The standard InChI is InChI=1S/C28H29N5O5S2.ClH/c1-36-14-4-9-33-27(35)23(40-28(33)39)16-20-25(29-24-5-2-3-8-32(24)26(20)34)31-12-10-30(11-13-31)17-19-6-7-21-22(15-19)38-18-37-21;/h2-3,5-8,15-16H,4,9-14,17-18H2,1H3;1H/b23-16-;. The molecule has 5 heterocycles. The Balaban J connectivity index is 0.00000337. The molecule has 6 rings (SSSR count). The Hall–Kier alpha value is -3.16. The number of nitrogens with zero attached hydrogens (tertiary/aromatic N) is 5. The number of pyridine rings is 1. The zero-order valence-electron chi connectivity index (χ0n) is 22.5. The van der Waals surface area contributed by atoms with Gasteiger partial charge < -0.3 is 19.1 Å². The first-order chi connectivity index (χ1) is 19.5. The van der Waals surface area contributed by atoms with Crippen molar-refractivity contribution in [3.05, 3.63) is 69.0 Å². The van der Waals surface area contributed by atoms with E-state index in [1.165, 1.54) is 16.2 Å². The zero-order valence-corrected chi connectivity index (χ0v) is 24.9. The number of rotatable bonds is 8. The Bertz CT molecular complexity index is 1560. The number of halogens is 1. The van der Waals surface area contributed by atoms with Crippen molar-refractivity contribution in [3.8, 4) is 11.5 Å². The van der Waals surface area contributed by atoms with Crippen LogP contribution in [0, 0.1) is 0 Å². The van der Waals surface area contributed by atoms with Crippen LogP contribution in [0.3, 0.4) is 0 Å². The van der Waals surface area contributed by atoms with Gasteiger partial charge in [0.25, 0.3) is 11.5 Å². The molecule has 0 saturated carbocycles. The minimum Gasteiger partial charge on any atom is -0.454 e. The third kappa shape index (κ3) is 6.07. The van der Waals surface area contributed by atoms with Gasteiger partial charge >= 0.3 is 0 Å². The molecule has 1 aromatic carbocycles. The van der Waals surface area contributed by atoms with Crippen LogP contribution in [0.2, 0.25) is 0 Å². The Morgan fingerprint density at radius 2 is 1.90 bits per heavy atom. The predicted molar refractivity (Wildman–Crippen MR) is 165 cm³/mol. The van der Waals surface area contributed by atoms with E-state index in [1.54, 1.807) is 30.3 Å². The molecule has 0 bridgehead atoms. The van der Waals surface area contributed by atoms with Gasteiger partial charge in [-0.05, 0) is 42.3 Å². The van der Waals surface area contributed by atoms with Gasteiger partial charge in [-0.25, -0.2) is 4.98 Å². The van der Waals surface area contributed by atoms with Gasteiger partial charge in [-0.3, -0.25) is 23.8 Å². The van der Waals surface area contributed by atoms with Crippen molar-refractivity contribution in [1.82, 2.24) is 19.2 Å². The van der Waals surface area contributed by atoms with Crippen LogP contribution >= 0.6 is 36.4 Å². The van der Waals surface area contributed by atoms with Crippen LogP contribution in [0.25, 0.3) is 11.7 Å². The minimum absolute atomic E-state index is 0. The van der Waals surface area contributed by atoms with E-state index in [1.807, 2.05) is 24.3 Å². The van der Waals surface area contributed by atoms with Gasteiger partial charge in [0.15, 0.2) is 11.5 Å². The summed E-state index contributed by atoms with van der Waals surface area (Å²) in [6, 6.07) is 11.5. The Kier molecular flexibility index (Phi) is 9.15. The number of hydrogen-bond donors (Lipinski definition) is 0. The van der Waals surface area contributed by atoms with Crippen molar-refractivity contribution in [3.63, 3.8) is 0 Å². The second-order valence-electron chi connectivity index (χ2n) is 9.71. The Labute approximate surface area is 253 Å². The summed E-state index contributed by atoms with van der Waals surface area (Å²) in [6.07, 6.45) is 4.04. The maximum absolute atomic E-state index is 13.7.